The fourth-order valence-corrected chi connectivity index (χ4v) is 8.34. The van der Waals surface area contributed by atoms with Gasteiger partial charge in [-0.25, -0.2) is 8.42 Å². The molecule has 2 saturated heterocycles. The van der Waals surface area contributed by atoms with Crippen molar-refractivity contribution in [3.63, 3.8) is 0 Å². The lowest BCUT2D eigenvalue weighted by Gasteiger charge is -2.38. The van der Waals surface area contributed by atoms with Crippen molar-refractivity contribution < 1.29 is 8.42 Å². The smallest absolute Gasteiger partial charge is 0.243 e. The summed E-state index contributed by atoms with van der Waals surface area (Å²) < 4.78 is 35.4. The van der Waals surface area contributed by atoms with Crippen molar-refractivity contribution in [2.45, 2.75) is 36.6 Å². The maximum atomic E-state index is 13.8. The summed E-state index contributed by atoms with van der Waals surface area (Å²) in [7, 11) is -3.59. The van der Waals surface area contributed by atoms with E-state index in [0.717, 1.165) is 69.7 Å². The standard InChI is InChI=1S/C27H31N5O2S2/c33-36(34,26-12-5-10-24-22(26)9-6-14-28-24)32-15-4-3-7-21(32)13-16-30-17-19-31(20-18-30)27-23-8-1-2-11-25(23)35-29-27/h1-2,5-6,8-12,14,21H,3-4,7,13,15-20H2. The zero-order chi connectivity index (χ0) is 24.5. The molecule has 2 aliphatic rings. The number of rotatable bonds is 6. The van der Waals surface area contributed by atoms with Crippen LogP contribution in [0, 0.1) is 0 Å². The van der Waals surface area contributed by atoms with Crippen LogP contribution in [-0.4, -0.2) is 72.3 Å². The predicted molar refractivity (Wildman–Crippen MR) is 146 cm³/mol. The van der Waals surface area contributed by atoms with Gasteiger partial charge < -0.3 is 4.90 Å². The zero-order valence-electron chi connectivity index (χ0n) is 20.3. The Labute approximate surface area is 216 Å². The summed E-state index contributed by atoms with van der Waals surface area (Å²) >= 11 is 1.57. The van der Waals surface area contributed by atoms with Gasteiger partial charge in [0.25, 0.3) is 0 Å². The van der Waals surface area contributed by atoms with E-state index in [9.17, 15) is 8.42 Å². The van der Waals surface area contributed by atoms with Gasteiger partial charge in [-0.05, 0) is 73.7 Å². The van der Waals surface area contributed by atoms with Crippen LogP contribution in [0.4, 0.5) is 5.82 Å². The Kier molecular flexibility index (Phi) is 6.64. The van der Waals surface area contributed by atoms with Crippen molar-refractivity contribution in [1.29, 1.82) is 0 Å². The molecule has 0 amide bonds. The van der Waals surface area contributed by atoms with Crippen LogP contribution in [0.5, 0.6) is 0 Å². The first-order chi connectivity index (χ1) is 17.6. The van der Waals surface area contributed by atoms with Crippen molar-refractivity contribution in [2.24, 2.45) is 0 Å². The number of piperidine rings is 1. The Morgan fingerprint density at radius 2 is 1.72 bits per heavy atom. The van der Waals surface area contributed by atoms with Gasteiger partial charge in [0.2, 0.25) is 10.0 Å². The molecule has 0 N–H and O–H groups in total. The maximum Gasteiger partial charge on any atom is 0.243 e. The number of hydrogen-bond acceptors (Lipinski definition) is 7. The molecule has 9 heteroatoms. The monoisotopic (exact) mass is 521 g/mol. The predicted octanol–water partition coefficient (Wildman–Crippen LogP) is 4.60. The molecule has 2 aliphatic heterocycles. The lowest BCUT2D eigenvalue weighted by atomic mass is 10.0. The molecule has 0 saturated carbocycles. The topological polar surface area (TPSA) is 69.6 Å². The van der Waals surface area contributed by atoms with Gasteiger partial charge in [-0.1, -0.05) is 24.6 Å². The molecule has 2 fully saturated rings. The summed E-state index contributed by atoms with van der Waals surface area (Å²) in [5.41, 5.74) is 0.720. The van der Waals surface area contributed by atoms with Gasteiger partial charge in [-0.15, -0.1) is 0 Å². The van der Waals surface area contributed by atoms with Crippen LogP contribution in [0.25, 0.3) is 21.0 Å². The molecular formula is C27H31N5O2S2. The SMILES string of the molecule is O=S(=O)(c1cccc2ncccc12)N1CCCCC1CCN1CCN(c2nsc3ccccc23)CC1. The normalized spacial score (nSPS) is 20.3. The Morgan fingerprint density at radius 3 is 2.61 bits per heavy atom. The van der Waals surface area contributed by atoms with Crippen LogP contribution in [0.15, 0.2) is 65.7 Å². The average molecular weight is 522 g/mol. The van der Waals surface area contributed by atoms with E-state index >= 15 is 0 Å². The fourth-order valence-electron chi connectivity index (χ4n) is 5.62. The average Bonchev–Trinajstić information content (AvgIpc) is 3.36. The summed E-state index contributed by atoms with van der Waals surface area (Å²) in [6.45, 7) is 5.35. The third-order valence-corrected chi connectivity index (χ3v) is 10.4. The first-order valence-electron chi connectivity index (χ1n) is 12.8. The van der Waals surface area contributed by atoms with Crippen LogP contribution in [-0.2, 0) is 10.0 Å². The first kappa shape index (κ1) is 23.8. The largest absolute Gasteiger partial charge is 0.353 e. The van der Waals surface area contributed by atoms with Crippen molar-refractivity contribution >= 4 is 48.4 Å². The van der Waals surface area contributed by atoms with E-state index in [-0.39, 0.29) is 6.04 Å². The highest BCUT2D eigenvalue weighted by atomic mass is 32.2. The molecule has 4 heterocycles. The second-order valence-corrected chi connectivity index (χ2v) is 12.4. The molecule has 2 aromatic heterocycles. The second kappa shape index (κ2) is 10.0. The summed E-state index contributed by atoms with van der Waals surface area (Å²) in [5, 5.41) is 1.94. The lowest BCUT2D eigenvalue weighted by Crippen LogP contribution is -2.49. The number of fused-ring (bicyclic) bond motifs is 2. The summed E-state index contributed by atoms with van der Waals surface area (Å²) in [5.74, 6) is 1.10. The number of benzene rings is 2. The van der Waals surface area contributed by atoms with E-state index in [4.69, 9.17) is 4.37 Å². The minimum Gasteiger partial charge on any atom is -0.353 e. The number of anilines is 1. The van der Waals surface area contributed by atoms with Crippen molar-refractivity contribution in [3.8, 4) is 0 Å². The number of sulfonamides is 1. The number of aromatic nitrogens is 2. The third kappa shape index (κ3) is 4.49. The van der Waals surface area contributed by atoms with Crippen LogP contribution >= 0.6 is 11.5 Å². The second-order valence-electron chi connectivity index (χ2n) is 9.71. The molecular weight excluding hydrogens is 490 g/mol. The van der Waals surface area contributed by atoms with E-state index in [1.54, 1.807) is 34.2 Å². The molecule has 1 unspecified atom stereocenters. The summed E-state index contributed by atoms with van der Waals surface area (Å²) in [6, 6.07) is 17.5. The van der Waals surface area contributed by atoms with Gasteiger partial charge in [0.1, 0.15) is 5.82 Å². The van der Waals surface area contributed by atoms with E-state index in [1.807, 2.05) is 18.2 Å². The van der Waals surface area contributed by atoms with Crippen LogP contribution in [0.1, 0.15) is 25.7 Å². The molecule has 7 nitrogen and oxygen atoms in total. The molecule has 0 aliphatic carbocycles. The van der Waals surface area contributed by atoms with Gasteiger partial charge in [0.15, 0.2) is 0 Å². The Bertz CT molecular complexity index is 1460. The molecule has 0 spiro atoms. The fraction of sp³-hybridized carbons (Fsp3) is 0.407. The van der Waals surface area contributed by atoms with Crippen LogP contribution in [0.3, 0.4) is 0 Å². The highest BCUT2D eigenvalue weighted by molar-refractivity contribution is 7.89. The number of pyridine rings is 1. The Hall–Kier alpha value is -2.59. The van der Waals surface area contributed by atoms with Gasteiger partial charge >= 0.3 is 0 Å². The van der Waals surface area contributed by atoms with Crippen LogP contribution < -0.4 is 4.90 Å². The van der Waals surface area contributed by atoms with Crippen molar-refractivity contribution in [1.82, 2.24) is 18.6 Å². The summed E-state index contributed by atoms with van der Waals surface area (Å²) in [6.07, 6.45) is 5.49. The highest BCUT2D eigenvalue weighted by Gasteiger charge is 2.34. The van der Waals surface area contributed by atoms with E-state index < -0.39 is 10.0 Å². The third-order valence-electron chi connectivity index (χ3n) is 7.57. The quantitative estimate of drug-likeness (QED) is 0.369. The van der Waals surface area contributed by atoms with Gasteiger partial charge in [-0.2, -0.15) is 8.68 Å². The lowest BCUT2D eigenvalue weighted by molar-refractivity contribution is 0.193. The highest BCUT2D eigenvalue weighted by Crippen LogP contribution is 2.32. The molecule has 4 aromatic rings. The molecule has 36 heavy (non-hydrogen) atoms. The molecule has 6 rings (SSSR count). The molecule has 0 bridgehead atoms. The zero-order valence-corrected chi connectivity index (χ0v) is 21.9. The molecule has 2 aromatic carbocycles. The van der Waals surface area contributed by atoms with E-state index in [1.165, 1.54) is 10.1 Å². The van der Waals surface area contributed by atoms with E-state index in [0.29, 0.717) is 16.8 Å². The van der Waals surface area contributed by atoms with Gasteiger partial charge in [0.05, 0.1) is 15.1 Å². The number of hydrogen-bond donors (Lipinski definition) is 0. The van der Waals surface area contributed by atoms with Crippen molar-refractivity contribution in [2.75, 3.05) is 44.2 Å². The molecule has 0 radical (unpaired) electrons. The first-order valence-corrected chi connectivity index (χ1v) is 15.0. The molecule has 188 valence electrons. The summed E-state index contributed by atoms with van der Waals surface area (Å²) in [4.78, 5) is 9.61. The Morgan fingerprint density at radius 1 is 0.889 bits per heavy atom. The number of piperazine rings is 1. The number of nitrogens with zero attached hydrogens (tertiary/aromatic N) is 5. The Balaban J connectivity index is 1.12. The van der Waals surface area contributed by atoms with Gasteiger partial charge in [0, 0.05) is 55.7 Å². The van der Waals surface area contributed by atoms with Gasteiger partial charge in [-0.3, -0.25) is 9.88 Å². The maximum absolute atomic E-state index is 13.8. The molecule has 1 atom stereocenters. The van der Waals surface area contributed by atoms with E-state index in [2.05, 4.69) is 39.0 Å². The van der Waals surface area contributed by atoms with Crippen LogP contribution in [0.2, 0.25) is 0 Å². The minimum atomic E-state index is -3.59. The minimum absolute atomic E-state index is 0.0381. The van der Waals surface area contributed by atoms with Crippen molar-refractivity contribution in [3.05, 3.63) is 60.8 Å².